The third-order valence-electron chi connectivity index (χ3n) is 5.31. The van der Waals surface area contributed by atoms with Crippen LogP contribution in [-0.4, -0.2) is 18.3 Å². The number of hydrogen-bond acceptors (Lipinski definition) is 3. The fraction of sp³-hybridized carbons (Fsp3) is 0.455. The smallest absolute Gasteiger partial charge is 0.489 e. The van der Waals surface area contributed by atoms with Crippen LogP contribution in [0.15, 0.2) is 60.4 Å². The van der Waals surface area contributed by atoms with Gasteiger partial charge < -0.3 is 14.0 Å². The molecule has 0 amide bonds. The van der Waals surface area contributed by atoms with E-state index in [-0.39, 0.29) is 18.3 Å². The molecule has 0 spiro atoms. The fourth-order valence-corrected chi connectivity index (χ4v) is 2.96. The number of hydrogen-bond donors (Lipinski definition) is 0. The van der Waals surface area contributed by atoms with Crippen molar-refractivity contribution in [1.29, 1.82) is 0 Å². The molecule has 3 nitrogen and oxygen atoms in total. The molecular weight excluding hydrogens is 323 g/mol. The Morgan fingerprint density at radius 3 is 2.58 bits per heavy atom. The Bertz CT molecular complexity index is 700. The van der Waals surface area contributed by atoms with Gasteiger partial charge in [-0.1, -0.05) is 42.5 Å². The highest BCUT2D eigenvalue weighted by atomic mass is 16.7. The Hall–Kier alpha value is -1.78. The molecule has 0 atom stereocenters. The van der Waals surface area contributed by atoms with Crippen LogP contribution in [0.4, 0.5) is 0 Å². The highest BCUT2D eigenvalue weighted by Crippen LogP contribution is 2.36. The van der Waals surface area contributed by atoms with Crippen molar-refractivity contribution in [2.75, 3.05) is 0 Å². The van der Waals surface area contributed by atoms with E-state index in [0.29, 0.717) is 6.61 Å². The molecule has 1 aromatic carbocycles. The van der Waals surface area contributed by atoms with Crippen molar-refractivity contribution in [3.8, 4) is 0 Å². The quantitative estimate of drug-likeness (QED) is 0.737. The van der Waals surface area contributed by atoms with Crippen molar-refractivity contribution < 1.29 is 14.0 Å². The van der Waals surface area contributed by atoms with Crippen LogP contribution in [0.2, 0.25) is 0 Å². The van der Waals surface area contributed by atoms with Crippen LogP contribution in [0.5, 0.6) is 0 Å². The molecule has 1 aliphatic carbocycles. The zero-order chi connectivity index (χ0) is 18.6. The summed E-state index contributed by atoms with van der Waals surface area (Å²) in [5, 5.41) is 0. The van der Waals surface area contributed by atoms with E-state index in [2.05, 4.69) is 64.1 Å². The topological polar surface area (TPSA) is 27.7 Å². The minimum atomic E-state index is -0.339. The Balaban J connectivity index is 1.66. The lowest BCUT2D eigenvalue weighted by molar-refractivity contribution is 0.00578. The molecular formula is C22H29BO3. The van der Waals surface area contributed by atoms with Crippen LogP contribution in [0.25, 0.3) is 0 Å². The predicted molar refractivity (Wildman–Crippen MR) is 107 cm³/mol. The maximum absolute atomic E-state index is 6.15. The largest absolute Gasteiger partial charge is 0.494 e. The van der Waals surface area contributed by atoms with Gasteiger partial charge in [0.1, 0.15) is 12.4 Å². The van der Waals surface area contributed by atoms with Gasteiger partial charge in [0.15, 0.2) is 0 Å². The van der Waals surface area contributed by atoms with Crippen molar-refractivity contribution in [3.05, 3.63) is 66.0 Å². The summed E-state index contributed by atoms with van der Waals surface area (Å²) in [5.74, 6) is 0.928. The van der Waals surface area contributed by atoms with E-state index in [9.17, 15) is 0 Å². The van der Waals surface area contributed by atoms with E-state index in [0.717, 1.165) is 36.0 Å². The first kappa shape index (κ1) is 19.0. The number of ether oxygens (including phenoxy) is 1. The zero-order valence-electron chi connectivity index (χ0n) is 16.3. The Morgan fingerprint density at radius 1 is 1.04 bits per heavy atom. The molecule has 0 unspecified atom stereocenters. The summed E-state index contributed by atoms with van der Waals surface area (Å²) in [4.78, 5) is 0. The molecule has 1 aromatic rings. The molecule has 2 aliphatic rings. The minimum Gasteiger partial charge on any atom is -0.489 e. The molecule has 26 heavy (non-hydrogen) atoms. The molecule has 1 aliphatic heterocycles. The lowest BCUT2D eigenvalue weighted by atomic mass is 9.78. The molecule has 0 N–H and O–H groups in total. The Labute approximate surface area is 157 Å². The van der Waals surface area contributed by atoms with Crippen molar-refractivity contribution in [2.45, 2.75) is 64.8 Å². The van der Waals surface area contributed by atoms with Crippen LogP contribution in [0.3, 0.4) is 0 Å². The van der Waals surface area contributed by atoms with Gasteiger partial charge in [-0.2, -0.15) is 0 Å². The first-order chi connectivity index (χ1) is 12.4. The maximum Gasteiger partial charge on any atom is 0.494 e. The van der Waals surface area contributed by atoms with Gasteiger partial charge in [-0.05, 0) is 70.1 Å². The van der Waals surface area contributed by atoms with E-state index < -0.39 is 0 Å². The van der Waals surface area contributed by atoms with Crippen LogP contribution < -0.4 is 5.46 Å². The second-order valence-corrected chi connectivity index (χ2v) is 7.95. The van der Waals surface area contributed by atoms with Crippen LogP contribution >= 0.6 is 0 Å². The number of rotatable bonds is 4. The van der Waals surface area contributed by atoms with E-state index in [4.69, 9.17) is 14.0 Å². The lowest BCUT2D eigenvalue weighted by Crippen LogP contribution is -2.41. The third kappa shape index (κ3) is 4.49. The average molecular weight is 352 g/mol. The van der Waals surface area contributed by atoms with Gasteiger partial charge >= 0.3 is 7.12 Å². The molecule has 1 fully saturated rings. The number of benzene rings is 1. The summed E-state index contributed by atoms with van der Waals surface area (Å²) >= 11 is 0. The van der Waals surface area contributed by atoms with Gasteiger partial charge in [0.2, 0.25) is 0 Å². The van der Waals surface area contributed by atoms with E-state index in [1.165, 1.54) is 0 Å². The van der Waals surface area contributed by atoms with Crippen molar-refractivity contribution in [3.63, 3.8) is 0 Å². The second-order valence-electron chi connectivity index (χ2n) is 7.95. The normalized spacial score (nSPS) is 26.2. The molecule has 138 valence electrons. The highest BCUT2D eigenvalue weighted by Gasteiger charge is 2.51. The lowest BCUT2D eigenvalue weighted by Gasteiger charge is -2.32. The summed E-state index contributed by atoms with van der Waals surface area (Å²) in [5.41, 5.74) is 1.49. The zero-order valence-corrected chi connectivity index (χ0v) is 16.3. The van der Waals surface area contributed by atoms with Gasteiger partial charge in [0.05, 0.1) is 11.2 Å². The number of allylic oxidation sites excluding steroid dienone is 5. The van der Waals surface area contributed by atoms with Gasteiger partial charge in [-0.15, -0.1) is 0 Å². The molecule has 3 rings (SSSR count). The predicted octanol–water partition coefficient (Wildman–Crippen LogP) is 4.68. The molecule has 4 heteroatoms. The minimum absolute atomic E-state index is 0.329. The monoisotopic (exact) mass is 352 g/mol. The van der Waals surface area contributed by atoms with Crippen LogP contribution in [-0.2, 0) is 20.7 Å². The Kier molecular flexibility index (Phi) is 5.74. The van der Waals surface area contributed by atoms with Gasteiger partial charge in [-0.25, -0.2) is 0 Å². The van der Waals surface area contributed by atoms with Crippen molar-refractivity contribution in [2.24, 2.45) is 0 Å². The molecule has 0 bridgehead atoms. The molecule has 0 saturated carbocycles. The average Bonchev–Trinajstić information content (AvgIpc) is 2.90. The first-order valence-electron chi connectivity index (χ1n) is 9.48. The van der Waals surface area contributed by atoms with Crippen molar-refractivity contribution >= 4 is 12.6 Å². The SMILES string of the molecule is CC1(C)OB(c2cccc(COC3=C/CCC/C=C/C=C\3)c2)OC1(C)C. The van der Waals surface area contributed by atoms with E-state index in [1.54, 1.807) is 0 Å². The van der Waals surface area contributed by atoms with Crippen molar-refractivity contribution in [1.82, 2.24) is 0 Å². The van der Waals surface area contributed by atoms with Crippen LogP contribution in [0, 0.1) is 0 Å². The molecule has 1 heterocycles. The van der Waals surface area contributed by atoms with Gasteiger partial charge in [0.25, 0.3) is 0 Å². The summed E-state index contributed by atoms with van der Waals surface area (Å²) in [6, 6.07) is 8.28. The second kappa shape index (κ2) is 7.85. The maximum atomic E-state index is 6.15. The van der Waals surface area contributed by atoms with Gasteiger partial charge in [-0.3, -0.25) is 0 Å². The molecule has 1 saturated heterocycles. The van der Waals surface area contributed by atoms with E-state index >= 15 is 0 Å². The summed E-state index contributed by atoms with van der Waals surface area (Å²) in [7, 11) is -0.339. The van der Waals surface area contributed by atoms with Crippen LogP contribution in [0.1, 0.15) is 52.5 Å². The fourth-order valence-electron chi connectivity index (χ4n) is 2.96. The standard InChI is InChI=1S/C22H29BO3/c1-21(2)22(3,4)26-23(25-21)19-13-11-12-18(16-19)17-24-20-14-9-7-5-6-8-10-15-20/h5,7,9,11-16H,6,8,10,17H2,1-4H3/b7-5+,14-9-,20-15+. The third-order valence-corrected chi connectivity index (χ3v) is 5.31. The first-order valence-corrected chi connectivity index (χ1v) is 9.48. The molecule has 0 aromatic heterocycles. The molecule has 0 radical (unpaired) electrons. The van der Waals surface area contributed by atoms with E-state index in [1.807, 2.05) is 18.2 Å². The summed E-state index contributed by atoms with van der Waals surface area (Å²) in [6.45, 7) is 8.83. The highest BCUT2D eigenvalue weighted by molar-refractivity contribution is 6.62. The Morgan fingerprint density at radius 2 is 1.81 bits per heavy atom. The summed E-state index contributed by atoms with van der Waals surface area (Å²) < 4.78 is 18.3. The summed E-state index contributed by atoms with van der Waals surface area (Å²) in [6.07, 6.45) is 13.8. The van der Waals surface area contributed by atoms with Gasteiger partial charge in [0, 0.05) is 0 Å².